The van der Waals surface area contributed by atoms with Gasteiger partial charge in [0, 0.05) is 49.0 Å². The zero-order valence-corrected chi connectivity index (χ0v) is 23.3. The Morgan fingerprint density at radius 1 is 1.15 bits per heavy atom. The van der Waals surface area contributed by atoms with E-state index >= 15 is 0 Å². The number of nitrogens with one attached hydrogen (secondary N) is 2. The lowest BCUT2D eigenvalue weighted by Gasteiger charge is -2.45. The number of hydrogen-bond donors (Lipinski definition) is 2. The highest BCUT2D eigenvalue weighted by molar-refractivity contribution is 5.94. The number of likely N-dealkylation sites (tertiary alicyclic amines) is 1. The zero-order chi connectivity index (χ0) is 28.9. The standard InChI is InChI=1S/C28H34F3N7O3/c1-27(2,3)41-26(39)37-10-4-5-16(13-37)34-25-33-12-21(28(29,30)31)23(36-25)20-11-32-24-19(20)8-9-22(35-24)38-14-18-7-6-17(38)15-40-18/h8-9,11-12,16-18H,4-7,10,13-15H2,1-3H3,(H,32,35)(H,33,34,36)/t16-,17?,18?/m0/s1. The van der Waals surface area contributed by atoms with Crippen LogP contribution in [0, 0.1) is 0 Å². The average molecular weight is 574 g/mol. The molecule has 4 aliphatic heterocycles. The summed E-state index contributed by atoms with van der Waals surface area (Å²) in [5, 5.41) is 3.68. The number of carbonyl (C=O) groups excluding carboxylic acids is 1. The average Bonchev–Trinajstić information content (AvgIpc) is 3.35. The molecule has 0 radical (unpaired) electrons. The highest BCUT2D eigenvalue weighted by Gasteiger charge is 2.38. The molecule has 4 fully saturated rings. The maximum absolute atomic E-state index is 14.1. The number of aromatic amines is 1. The third-order valence-electron chi connectivity index (χ3n) is 7.76. The smallest absolute Gasteiger partial charge is 0.419 e. The number of ether oxygens (including phenoxy) is 2. The molecule has 10 nitrogen and oxygen atoms in total. The Morgan fingerprint density at radius 3 is 2.66 bits per heavy atom. The van der Waals surface area contributed by atoms with Crippen LogP contribution in [-0.4, -0.2) is 81.0 Å². The monoisotopic (exact) mass is 573 g/mol. The second kappa shape index (κ2) is 10.3. The van der Waals surface area contributed by atoms with Crippen molar-refractivity contribution in [2.24, 2.45) is 0 Å². The van der Waals surface area contributed by atoms with Gasteiger partial charge >= 0.3 is 12.3 Å². The number of halogens is 3. The van der Waals surface area contributed by atoms with Crippen molar-refractivity contribution >= 4 is 28.9 Å². The second-order valence-electron chi connectivity index (χ2n) is 12.0. The quantitative estimate of drug-likeness (QED) is 0.438. The van der Waals surface area contributed by atoms with Crippen LogP contribution in [0.15, 0.2) is 24.5 Å². The van der Waals surface area contributed by atoms with Crippen molar-refractivity contribution in [3.63, 3.8) is 0 Å². The van der Waals surface area contributed by atoms with Crippen LogP contribution >= 0.6 is 0 Å². The van der Waals surface area contributed by atoms with Crippen molar-refractivity contribution in [2.75, 3.05) is 36.5 Å². The molecule has 7 heterocycles. The number of hydrogen-bond acceptors (Lipinski definition) is 8. The van der Waals surface area contributed by atoms with Crippen molar-refractivity contribution in [3.8, 4) is 11.3 Å². The van der Waals surface area contributed by atoms with Gasteiger partial charge in [-0.15, -0.1) is 0 Å². The first-order valence-corrected chi connectivity index (χ1v) is 14.0. The molecule has 1 amide bonds. The SMILES string of the molecule is CC(C)(C)OC(=O)N1CCC[C@H](Nc2ncc(C(F)(F)F)c(-c3c[nH]c4nc(N5CC6CCC5CO6)ccc34)n2)C1. The van der Waals surface area contributed by atoms with Crippen molar-refractivity contribution in [3.05, 3.63) is 30.1 Å². The van der Waals surface area contributed by atoms with Crippen LogP contribution in [-0.2, 0) is 15.7 Å². The molecule has 3 atom stereocenters. The number of alkyl halides is 3. The van der Waals surface area contributed by atoms with Crippen LogP contribution in [0.5, 0.6) is 0 Å². The number of pyridine rings is 1. The predicted molar refractivity (Wildman–Crippen MR) is 147 cm³/mol. The van der Waals surface area contributed by atoms with Gasteiger partial charge < -0.3 is 29.6 Å². The fourth-order valence-electron chi connectivity index (χ4n) is 5.82. The Kier molecular flexibility index (Phi) is 6.95. The van der Waals surface area contributed by atoms with Crippen LogP contribution in [0.1, 0.15) is 52.0 Å². The topological polar surface area (TPSA) is 108 Å². The summed E-state index contributed by atoms with van der Waals surface area (Å²) in [7, 11) is 0. The van der Waals surface area contributed by atoms with Gasteiger partial charge in [-0.25, -0.2) is 19.7 Å². The third kappa shape index (κ3) is 5.77. The first-order chi connectivity index (χ1) is 19.4. The van der Waals surface area contributed by atoms with E-state index in [0.717, 1.165) is 31.4 Å². The maximum Gasteiger partial charge on any atom is 0.419 e. The Balaban J connectivity index is 1.27. The number of aromatic nitrogens is 4. The third-order valence-corrected chi connectivity index (χ3v) is 7.76. The molecule has 0 aromatic carbocycles. The summed E-state index contributed by atoms with van der Waals surface area (Å²) >= 11 is 0. The molecular weight excluding hydrogens is 539 g/mol. The van der Waals surface area contributed by atoms with E-state index in [1.54, 1.807) is 31.7 Å². The van der Waals surface area contributed by atoms with Gasteiger partial charge in [0.2, 0.25) is 5.95 Å². The fourth-order valence-corrected chi connectivity index (χ4v) is 5.82. The summed E-state index contributed by atoms with van der Waals surface area (Å²) in [6.45, 7) is 7.69. The Labute approximate surface area is 235 Å². The minimum Gasteiger partial charge on any atom is -0.444 e. The predicted octanol–water partition coefficient (Wildman–Crippen LogP) is 5.22. The Morgan fingerprint density at radius 2 is 1.98 bits per heavy atom. The van der Waals surface area contributed by atoms with Gasteiger partial charge in [-0.05, 0) is 58.6 Å². The molecule has 0 aliphatic carbocycles. The molecule has 41 heavy (non-hydrogen) atoms. The first-order valence-electron chi connectivity index (χ1n) is 14.0. The fraction of sp³-hybridized carbons (Fsp3) is 0.571. The highest BCUT2D eigenvalue weighted by Crippen LogP contribution is 2.39. The van der Waals surface area contributed by atoms with Crippen molar-refractivity contribution in [1.82, 2.24) is 24.8 Å². The van der Waals surface area contributed by atoms with E-state index in [9.17, 15) is 18.0 Å². The molecule has 2 N–H and O–H groups in total. The number of morpholine rings is 1. The number of nitrogens with zero attached hydrogens (tertiary/aromatic N) is 5. The van der Waals surface area contributed by atoms with Crippen LogP contribution < -0.4 is 10.2 Å². The van der Waals surface area contributed by atoms with E-state index in [4.69, 9.17) is 14.5 Å². The van der Waals surface area contributed by atoms with Gasteiger partial charge in [-0.3, -0.25) is 0 Å². The lowest BCUT2D eigenvalue weighted by molar-refractivity contribution is -0.137. The van der Waals surface area contributed by atoms with E-state index in [0.29, 0.717) is 49.1 Å². The Bertz CT molecular complexity index is 1430. The molecule has 4 saturated heterocycles. The van der Waals surface area contributed by atoms with Gasteiger partial charge in [0.1, 0.15) is 22.6 Å². The van der Waals surface area contributed by atoms with Crippen LogP contribution in [0.4, 0.5) is 29.7 Å². The number of amides is 1. The van der Waals surface area contributed by atoms with Gasteiger partial charge in [0.25, 0.3) is 0 Å². The summed E-state index contributed by atoms with van der Waals surface area (Å²) in [5.74, 6) is 0.837. The van der Waals surface area contributed by atoms with Crippen LogP contribution in [0.3, 0.4) is 0 Å². The van der Waals surface area contributed by atoms with Gasteiger partial charge in [-0.2, -0.15) is 13.2 Å². The van der Waals surface area contributed by atoms with Crippen LogP contribution in [0.2, 0.25) is 0 Å². The van der Waals surface area contributed by atoms with Crippen molar-refractivity contribution < 1.29 is 27.4 Å². The second-order valence-corrected chi connectivity index (χ2v) is 12.0. The van der Waals surface area contributed by atoms with E-state index < -0.39 is 23.4 Å². The molecule has 3 aromatic rings. The number of anilines is 2. The van der Waals surface area contributed by atoms with Gasteiger partial charge in [-0.1, -0.05) is 0 Å². The van der Waals surface area contributed by atoms with Gasteiger partial charge in [0.05, 0.1) is 24.4 Å². The van der Waals surface area contributed by atoms with E-state index in [1.165, 1.54) is 6.20 Å². The summed E-state index contributed by atoms with van der Waals surface area (Å²) in [6, 6.07) is 3.65. The minimum atomic E-state index is -4.66. The molecule has 4 aliphatic rings. The highest BCUT2D eigenvalue weighted by atomic mass is 19.4. The molecule has 220 valence electrons. The van der Waals surface area contributed by atoms with Crippen LogP contribution in [0.25, 0.3) is 22.3 Å². The van der Waals surface area contributed by atoms with E-state index in [-0.39, 0.29) is 29.8 Å². The number of H-pyrrole nitrogens is 1. The molecule has 2 bridgehead atoms. The molecule has 7 rings (SSSR count). The largest absolute Gasteiger partial charge is 0.444 e. The summed E-state index contributed by atoms with van der Waals surface area (Å²) in [4.78, 5) is 32.5. The van der Waals surface area contributed by atoms with Crippen molar-refractivity contribution in [2.45, 2.75) is 76.4 Å². The normalized spacial score (nSPS) is 23.2. The van der Waals surface area contributed by atoms with Gasteiger partial charge in [0.15, 0.2) is 0 Å². The first kappa shape index (κ1) is 27.6. The number of rotatable bonds is 4. The molecule has 2 unspecified atom stereocenters. The van der Waals surface area contributed by atoms with Crippen molar-refractivity contribution in [1.29, 1.82) is 0 Å². The Hall–Kier alpha value is -3.61. The number of carbonyl (C=O) groups is 1. The maximum atomic E-state index is 14.1. The summed E-state index contributed by atoms with van der Waals surface area (Å²) < 4.78 is 53.6. The minimum absolute atomic E-state index is 0.0623. The number of piperidine rings is 2. The molecular formula is C28H34F3N7O3. The zero-order valence-electron chi connectivity index (χ0n) is 23.3. The van der Waals surface area contributed by atoms with E-state index in [1.807, 2.05) is 6.07 Å². The number of fused-ring (bicyclic) bond motifs is 4. The molecule has 3 aromatic heterocycles. The summed E-state index contributed by atoms with van der Waals surface area (Å²) in [5.41, 5.74) is -1.01. The molecule has 0 saturated carbocycles. The lowest BCUT2D eigenvalue weighted by Crippen LogP contribution is -2.54. The summed E-state index contributed by atoms with van der Waals surface area (Å²) in [6.07, 6.45) is 0.905. The molecule has 0 spiro atoms. The molecule has 13 heteroatoms. The van der Waals surface area contributed by atoms with E-state index in [2.05, 4.69) is 25.2 Å². The lowest BCUT2D eigenvalue weighted by atomic mass is 9.97.